The van der Waals surface area contributed by atoms with Gasteiger partial charge < -0.3 is 10.6 Å². The Hall–Kier alpha value is -1.35. The Morgan fingerprint density at radius 1 is 1.33 bits per heavy atom. The summed E-state index contributed by atoms with van der Waals surface area (Å²) in [5.41, 5.74) is 7.72. The van der Waals surface area contributed by atoms with Crippen molar-refractivity contribution < 1.29 is 4.79 Å². The van der Waals surface area contributed by atoms with E-state index in [1.807, 2.05) is 23.1 Å². The standard InChI is InChI=1S/C15H24N2O/c1-4-13-7-5-6-8-14(13)17(15(18)11-16)10-9-12(2)3/h5-8,12H,4,9-11,16H2,1-3H3. The van der Waals surface area contributed by atoms with Crippen molar-refractivity contribution in [3.8, 4) is 0 Å². The molecule has 1 aromatic rings. The molecular formula is C15H24N2O. The molecule has 0 unspecified atom stereocenters. The van der Waals surface area contributed by atoms with Gasteiger partial charge in [-0.2, -0.15) is 0 Å². The van der Waals surface area contributed by atoms with Crippen LogP contribution in [0.25, 0.3) is 0 Å². The predicted octanol–water partition coefficient (Wildman–Crippen LogP) is 2.59. The zero-order valence-corrected chi connectivity index (χ0v) is 11.6. The normalized spacial score (nSPS) is 10.7. The highest BCUT2D eigenvalue weighted by molar-refractivity contribution is 5.95. The summed E-state index contributed by atoms with van der Waals surface area (Å²) in [7, 11) is 0. The van der Waals surface area contributed by atoms with Crippen molar-refractivity contribution in [1.29, 1.82) is 0 Å². The molecule has 0 saturated carbocycles. The molecule has 1 amide bonds. The number of amides is 1. The van der Waals surface area contributed by atoms with Crippen LogP contribution in [0.4, 0.5) is 5.69 Å². The van der Waals surface area contributed by atoms with Crippen LogP contribution in [-0.2, 0) is 11.2 Å². The van der Waals surface area contributed by atoms with Gasteiger partial charge in [0.1, 0.15) is 0 Å². The maximum Gasteiger partial charge on any atom is 0.240 e. The van der Waals surface area contributed by atoms with E-state index in [1.165, 1.54) is 5.56 Å². The van der Waals surface area contributed by atoms with E-state index < -0.39 is 0 Å². The summed E-state index contributed by atoms with van der Waals surface area (Å²) in [5, 5.41) is 0. The third-order valence-corrected chi connectivity index (χ3v) is 3.07. The molecule has 1 aromatic carbocycles. The van der Waals surface area contributed by atoms with Gasteiger partial charge in [0.05, 0.1) is 6.54 Å². The number of aryl methyl sites for hydroxylation is 1. The lowest BCUT2D eigenvalue weighted by Crippen LogP contribution is -2.37. The molecule has 0 radical (unpaired) electrons. The topological polar surface area (TPSA) is 46.3 Å². The Kier molecular flexibility index (Phi) is 5.86. The van der Waals surface area contributed by atoms with Gasteiger partial charge in [0.2, 0.25) is 5.91 Å². The highest BCUT2D eigenvalue weighted by atomic mass is 16.2. The number of anilines is 1. The molecule has 0 aliphatic rings. The average molecular weight is 248 g/mol. The maximum atomic E-state index is 12.0. The molecular weight excluding hydrogens is 224 g/mol. The number of hydrogen-bond donors (Lipinski definition) is 1. The summed E-state index contributed by atoms with van der Waals surface area (Å²) >= 11 is 0. The summed E-state index contributed by atoms with van der Waals surface area (Å²) in [4.78, 5) is 13.8. The van der Waals surface area contributed by atoms with E-state index in [9.17, 15) is 4.79 Å². The second kappa shape index (κ2) is 7.17. The number of para-hydroxylation sites is 1. The van der Waals surface area contributed by atoms with Crippen molar-refractivity contribution in [1.82, 2.24) is 0 Å². The molecule has 0 aromatic heterocycles. The highest BCUT2D eigenvalue weighted by Crippen LogP contribution is 2.22. The third kappa shape index (κ3) is 3.84. The SMILES string of the molecule is CCc1ccccc1N(CCC(C)C)C(=O)CN. The fraction of sp³-hybridized carbons (Fsp3) is 0.533. The van der Waals surface area contributed by atoms with E-state index in [0.29, 0.717) is 5.92 Å². The maximum absolute atomic E-state index is 12.0. The highest BCUT2D eigenvalue weighted by Gasteiger charge is 2.16. The van der Waals surface area contributed by atoms with Crippen molar-refractivity contribution in [2.75, 3.05) is 18.0 Å². The van der Waals surface area contributed by atoms with Crippen LogP contribution in [0.2, 0.25) is 0 Å². The number of hydrogen-bond acceptors (Lipinski definition) is 2. The average Bonchev–Trinajstić information content (AvgIpc) is 2.38. The van der Waals surface area contributed by atoms with Gasteiger partial charge in [0.15, 0.2) is 0 Å². The lowest BCUT2D eigenvalue weighted by Gasteiger charge is -2.25. The van der Waals surface area contributed by atoms with Crippen molar-refractivity contribution >= 4 is 11.6 Å². The van der Waals surface area contributed by atoms with Crippen molar-refractivity contribution in [3.63, 3.8) is 0 Å². The van der Waals surface area contributed by atoms with Crippen LogP contribution in [0, 0.1) is 5.92 Å². The Bertz CT molecular complexity index is 388. The monoisotopic (exact) mass is 248 g/mol. The molecule has 0 aliphatic carbocycles. The second-order valence-electron chi connectivity index (χ2n) is 4.91. The summed E-state index contributed by atoms with van der Waals surface area (Å²) in [6, 6.07) is 8.06. The van der Waals surface area contributed by atoms with Gasteiger partial charge in [-0.15, -0.1) is 0 Å². The zero-order chi connectivity index (χ0) is 13.5. The van der Waals surface area contributed by atoms with E-state index >= 15 is 0 Å². The Balaban J connectivity index is 2.97. The van der Waals surface area contributed by atoms with Crippen LogP contribution in [0.1, 0.15) is 32.8 Å². The summed E-state index contributed by atoms with van der Waals surface area (Å²) in [6.45, 7) is 7.24. The first-order valence-electron chi connectivity index (χ1n) is 6.68. The predicted molar refractivity (Wildman–Crippen MR) is 76.7 cm³/mol. The van der Waals surface area contributed by atoms with E-state index in [2.05, 4.69) is 26.8 Å². The van der Waals surface area contributed by atoms with Crippen LogP contribution in [0.3, 0.4) is 0 Å². The molecule has 18 heavy (non-hydrogen) atoms. The van der Waals surface area contributed by atoms with E-state index in [1.54, 1.807) is 0 Å². The van der Waals surface area contributed by atoms with Gasteiger partial charge in [-0.05, 0) is 30.4 Å². The first-order chi connectivity index (χ1) is 8.60. The molecule has 3 heteroatoms. The van der Waals surface area contributed by atoms with E-state index in [4.69, 9.17) is 5.73 Å². The number of carbonyl (C=O) groups is 1. The molecule has 0 aliphatic heterocycles. The molecule has 0 fully saturated rings. The van der Waals surface area contributed by atoms with Gasteiger partial charge in [-0.1, -0.05) is 39.0 Å². The number of nitrogens with zero attached hydrogens (tertiary/aromatic N) is 1. The van der Waals surface area contributed by atoms with Crippen molar-refractivity contribution in [2.24, 2.45) is 11.7 Å². The quantitative estimate of drug-likeness (QED) is 0.841. The number of benzene rings is 1. The second-order valence-corrected chi connectivity index (χ2v) is 4.91. The summed E-state index contributed by atoms with van der Waals surface area (Å²) in [6.07, 6.45) is 1.91. The van der Waals surface area contributed by atoms with Crippen molar-refractivity contribution in [3.05, 3.63) is 29.8 Å². The minimum atomic E-state index is -0.00319. The van der Waals surface area contributed by atoms with Crippen LogP contribution in [-0.4, -0.2) is 19.0 Å². The first kappa shape index (κ1) is 14.7. The minimum absolute atomic E-state index is 0.00319. The van der Waals surface area contributed by atoms with E-state index in [0.717, 1.165) is 25.1 Å². The zero-order valence-electron chi connectivity index (χ0n) is 11.6. The molecule has 3 nitrogen and oxygen atoms in total. The molecule has 0 atom stereocenters. The molecule has 0 spiro atoms. The number of rotatable bonds is 6. The first-order valence-corrected chi connectivity index (χ1v) is 6.68. The molecule has 1 rings (SSSR count). The Labute approximate surface area is 110 Å². The van der Waals surface area contributed by atoms with E-state index in [-0.39, 0.29) is 12.5 Å². The lowest BCUT2D eigenvalue weighted by atomic mass is 10.1. The van der Waals surface area contributed by atoms with Gasteiger partial charge >= 0.3 is 0 Å². The summed E-state index contributed by atoms with van der Waals surface area (Å²) in [5.74, 6) is 0.573. The van der Waals surface area contributed by atoms with Crippen LogP contribution in [0.5, 0.6) is 0 Å². The fourth-order valence-electron chi connectivity index (χ4n) is 1.95. The van der Waals surface area contributed by atoms with Gasteiger partial charge in [0, 0.05) is 12.2 Å². The Morgan fingerprint density at radius 2 is 2.00 bits per heavy atom. The molecule has 0 bridgehead atoms. The van der Waals surface area contributed by atoms with Gasteiger partial charge in [0.25, 0.3) is 0 Å². The minimum Gasteiger partial charge on any atom is -0.322 e. The molecule has 0 saturated heterocycles. The largest absolute Gasteiger partial charge is 0.322 e. The number of carbonyl (C=O) groups excluding carboxylic acids is 1. The van der Waals surface area contributed by atoms with Crippen LogP contribution in [0.15, 0.2) is 24.3 Å². The molecule has 100 valence electrons. The number of nitrogens with two attached hydrogens (primary N) is 1. The lowest BCUT2D eigenvalue weighted by molar-refractivity contribution is -0.117. The van der Waals surface area contributed by atoms with Gasteiger partial charge in [-0.3, -0.25) is 4.79 Å². The third-order valence-electron chi connectivity index (χ3n) is 3.07. The molecule has 2 N–H and O–H groups in total. The van der Waals surface area contributed by atoms with Crippen LogP contribution < -0.4 is 10.6 Å². The van der Waals surface area contributed by atoms with Gasteiger partial charge in [-0.25, -0.2) is 0 Å². The fourth-order valence-corrected chi connectivity index (χ4v) is 1.95. The molecule has 0 heterocycles. The smallest absolute Gasteiger partial charge is 0.240 e. The van der Waals surface area contributed by atoms with Crippen molar-refractivity contribution in [2.45, 2.75) is 33.6 Å². The summed E-state index contributed by atoms with van der Waals surface area (Å²) < 4.78 is 0. The van der Waals surface area contributed by atoms with Crippen LogP contribution >= 0.6 is 0 Å². The Morgan fingerprint density at radius 3 is 2.56 bits per heavy atom.